The maximum absolute atomic E-state index is 13.3. The summed E-state index contributed by atoms with van der Waals surface area (Å²) in [4.78, 5) is 9.14. The Hall–Kier alpha value is -2.33. The molecule has 2 aromatic heterocycles. The third-order valence-corrected chi connectivity index (χ3v) is 7.21. The molecule has 1 aliphatic heterocycles. The van der Waals surface area contributed by atoms with E-state index in [1.807, 2.05) is 19.1 Å². The van der Waals surface area contributed by atoms with Crippen LogP contribution in [0.1, 0.15) is 24.4 Å². The molecular weight excluding hydrogens is 426 g/mol. The summed E-state index contributed by atoms with van der Waals surface area (Å²) in [5.74, 6) is 0. The van der Waals surface area contributed by atoms with Crippen LogP contribution in [0.25, 0.3) is 11.3 Å². The summed E-state index contributed by atoms with van der Waals surface area (Å²) in [5.41, 5.74) is 2.49. The molecule has 0 radical (unpaired) electrons. The lowest BCUT2D eigenvalue weighted by Crippen LogP contribution is -2.42. The molecule has 10 heteroatoms. The molecule has 3 aromatic rings. The van der Waals surface area contributed by atoms with Crippen molar-refractivity contribution in [3.63, 3.8) is 0 Å². The van der Waals surface area contributed by atoms with E-state index in [9.17, 15) is 8.42 Å². The second-order valence-corrected chi connectivity index (χ2v) is 9.30. The normalized spacial score (nSPS) is 17.9. The van der Waals surface area contributed by atoms with Gasteiger partial charge in [-0.1, -0.05) is 23.7 Å². The molecule has 0 saturated carbocycles. The minimum atomic E-state index is -3.71. The number of hydrogen-bond donors (Lipinski definition) is 0. The van der Waals surface area contributed by atoms with E-state index in [0.717, 1.165) is 5.56 Å². The Kier molecular flexibility index (Phi) is 5.88. The van der Waals surface area contributed by atoms with Crippen LogP contribution in [0.2, 0.25) is 5.02 Å². The Balaban J connectivity index is 1.66. The summed E-state index contributed by atoms with van der Waals surface area (Å²) in [6.45, 7) is 4.89. The first kappa shape index (κ1) is 20.9. The molecule has 0 aliphatic carbocycles. The molecule has 0 bridgehead atoms. The fourth-order valence-corrected chi connectivity index (χ4v) is 5.29. The van der Waals surface area contributed by atoms with Crippen molar-refractivity contribution >= 4 is 21.6 Å². The van der Waals surface area contributed by atoms with Gasteiger partial charge in [-0.15, -0.1) is 0 Å². The van der Waals surface area contributed by atoms with Crippen molar-refractivity contribution in [2.24, 2.45) is 0 Å². The number of aromatic nitrogens is 4. The van der Waals surface area contributed by atoms with Crippen molar-refractivity contribution in [1.82, 2.24) is 24.1 Å². The van der Waals surface area contributed by atoms with Gasteiger partial charge in [0.15, 0.2) is 0 Å². The van der Waals surface area contributed by atoms with Crippen LogP contribution in [0.3, 0.4) is 0 Å². The molecule has 0 unspecified atom stereocenters. The lowest BCUT2D eigenvalue weighted by atomic mass is 10.1. The van der Waals surface area contributed by atoms with Gasteiger partial charge in [-0.25, -0.2) is 8.42 Å². The summed E-state index contributed by atoms with van der Waals surface area (Å²) in [5, 5.41) is 4.86. The lowest BCUT2D eigenvalue weighted by molar-refractivity contribution is -0.00478. The van der Waals surface area contributed by atoms with Gasteiger partial charge in [0.25, 0.3) is 0 Å². The molecule has 1 saturated heterocycles. The highest BCUT2D eigenvalue weighted by Gasteiger charge is 2.35. The van der Waals surface area contributed by atoms with Crippen LogP contribution >= 0.6 is 11.6 Å². The van der Waals surface area contributed by atoms with Crippen molar-refractivity contribution in [1.29, 1.82) is 0 Å². The molecule has 8 nitrogen and oxygen atoms in total. The van der Waals surface area contributed by atoms with E-state index in [4.69, 9.17) is 16.3 Å². The highest BCUT2D eigenvalue weighted by Crippen LogP contribution is 2.32. The molecule has 30 heavy (non-hydrogen) atoms. The summed E-state index contributed by atoms with van der Waals surface area (Å²) < 4.78 is 35.5. The fourth-order valence-electron chi connectivity index (χ4n) is 3.51. The van der Waals surface area contributed by atoms with Gasteiger partial charge in [-0.05, 0) is 26.0 Å². The van der Waals surface area contributed by atoms with Gasteiger partial charge in [0.1, 0.15) is 11.0 Å². The van der Waals surface area contributed by atoms with Crippen molar-refractivity contribution in [2.45, 2.75) is 31.4 Å². The molecule has 1 fully saturated rings. The summed E-state index contributed by atoms with van der Waals surface area (Å²) >= 11 is 6.14. The van der Waals surface area contributed by atoms with Crippen LogP contribution in [-0.2, 0) is 21.3 Å². The van der Waals surface area contributed by atoms with E-state index >= 15 is 0 Å². The van der Waals surface area contributed by atoms with E-state index in [1.165, 1.54) is 4.31 Å². The van der Waals surface area contributed by atoms with E-state index in [1.54, 1.807) is 42.3 Å². The molecule has 0 amide bonds. The maximum Gasteiger partial charge on any atom is 0.246 e. The minimum absolute atomic E-state index is 0.144. The first-order valence-corrected chi connectivity index (χ1v) is 11.4. The van der Waals surface area contributed by atoms with Crippen molar-refractivity contribution in [3.8, 4) is 11.3 Å². The Bertz CT molecular complexity index is 1160. The molecule has 4 rings (SSSR count). The highest BCUT2D eigenvalue weighted by atomic mass is 35.5. The molecule has 158 valence electrons. The number of sulfonamides is 1. The van der Waals surface area contributed by atoms with Crippen LogP contribution < -0.4 is 0 Å². The number of ether oxygens (including phenoxy) is 1. The smallest absolute Gasteiger partial charge is 0.246 e. The van der Waals surface area contributed by atoms with Gasteiger partial charge in [0.2, 0.25) is 10.0 Å². The van der Waals surface area contributed by atoms with E-state index in [0.29, 0.717) is 28.6 Å². The first-order chi connectivity index (χ1) is 14.4. The molecule has 3 heterocycles. The van der Waals surface area contributed by atoms with Crippen molar-refractivity contribution in [2.75, 3.05) is 19.7 Å². The number of hydrogen-bond acceptors (Lipinski definition) is 6. The first-order valence-electron chi connectivity index (χ1n) is 9.62. The number of halogens is 1. The molecule has 0 spiro atoms. The Labute approximate surface area is 180 Å². The third kappa shape index (κ3) is 3.98. The van der Waals surface area contributed by atoms with Crippen LogP contribution in [0.4, 0.5) is 0 Å². The van der Waals surface area contributed by atoms with E-state index in [-0.39, 0.29) is 24.6 Å². The second-order valence-electron chi connectivity index (χ2n) is 6.96. The summed E-state index contributed by atoms with van der Waals surface area (Å²) in [6, 6.07) is 7.31. The zero-order chi connectivity index (χ0) is 21.3. The number of rotatable bonds is 5. The van der Waals surface area contributed by atoms with Gasteiger partial charge in [-0.3, -0.25) is 14.6 Å². The van der Waals surface area contributed by atoms with Crippen molar-refractivity contribution in [3.05, 3.63) is 59.3 Å². The Morgan fingerprint density at radius 2 is 2.07 bits per heavy atom. The van der Waals surface area contributed by atoms with E-state index < -0.39 is 16.1 Å². The fraction of sp³-hybridized carbons (Fsp3) is 0.350. The maximum atomic E-state index is 13.3. The van der Waals surface area contributed by atoms with Crippen LogP contribution in [0.15, 0.2) is 47.8 Å². The molecule has 1 atom stereocenters. The van der Waals surface area contributed by atoms with Gasteiger partial charge in [0.05, 0.1) is 23.7 Å². The largest absolute Gasteiger partial charge is 0.369 e. The zero-order valence-corrected chi connectivity index (χ0v) is 18.3. The molecule has 1 aliphatic rings. The minimum Gasteiger partial charge on any atom is -0.369 e. The van der Waals surface area contributed by atoms with Gasteiger partial charge >= 0.3 is 0 Å². The Morgan fingerprint density at radius 3 is 2.80 bits per heavy atom. The third-order valence-electron chi connectivity index (χ3n) is 5.00. The van der Waals surface area contributed by atoms with Crippen LogP contribution in [-0.4, -0.2) is 52.2 Å². The predicted octanol–water partition coefficient (Wildman–Crippen LogP) is 3.08. The zero-order valence-electron chi connectivity index (χ0n) is 16.7. The second kappa shape index (κ2) is 8.43. The number of morpholine rings is 1. The van der Waals surface area contributed by atoms with Crippen LogP contribution in [0.5, 0.6) is 0 Å². The lowest BCUT2D eigenvalue weighted by Gasteiger charge is -2.32. The van der Waals surface area contributed by atoms with Crippen LogP contribution in [0, 0.1) is 6.92 Å². The average molecular weight is 448 g/mol. The quantitative estimate of drug-likeness (QED) is 0.597. The topological polar surface area (TPSA) is 90.2 Å². The number of aryl methyl sites for hydroxylation is 2. The summed E-state index contributed by atoms with van der Waals surface area (Å²) in [7, 11) is -3.71. The SMILES string of the molecule is CCn1cc(S(=O)(=O)N2CCO[C@H](c3nccnc3-c3cccc(Cl)c3)C2)c(C)n1. The van der Waals surface area contributed by atoms with E-state index in [2.05, 4.69) is 15.1 Å². The predicted molar refractivity (Wildman–Crippen MR) is 113 cm³/mol. The Morgan fingerprint density at radius 1 is 1.27 bits per heavy atom. The van der Waals surface area contributed by atoms with Gasteiger partial charge in [-0.2, -0.15) is 9.40 Å². The molecular formula is C20H22ClN5O3S. The standard InChI is InChI=1S/C20H22ClN5O3S/c1-3-25-13-18(14(2)24-25)30(27,28)26-9-10-29-17(12-26)20-19(22-7-8-23-20)15-5-4-6-16(21)11-15/h4-8,11,13,17H,3,9-10,12H2,1-2H3/t17-/m0/s1. The monoisotopic (exact) mass is 447 g/mol. The highest BCUT2D eigenvalue weighted by molar-refractivity contribution is 7.89. The number of benzene rings is 1. The van der Waals surface area contributed by atoms with Gasteiger partial charge in [0, 0.05) is 48.8 Å². The van der Waals surface area contributed by atoms with Gasteiger partial charge < -0.3 is 4.74 Å². The molecule has 0 N–H and O–H groups in total. The van der Waals surface area contributed by atoms with Crippen molar-refractivity contribution < 1.29 is 13.2 Å². The summed E-state index contributed by atoms with van der Waals surface area (Å²) in [6.07, 6.45) is 4.21. The average Bonchev–Trinajstić information content (AvgIpc) is 3.15. The number of nitrogens with zero attached hydrogens (tertiary/aromatic N) is 5. The molecule has 1 aromatic carbocycles.